The Bertz CT molecular complexity index is 2460. The van der Waals surface area contributed by atoms with Crippen LogP contribution in [0.2, 0.25) is 0 Å². The van der Waals surface area contributed by atoms with Crippen LogP contribution in [0.4, 0.5) is 21.0 Å². The number of aliphatic hydroxyl groups is 1. The smallest absolute Gasteiger partial charge is 0.411 e. The molecule has 3 aromatic rings. The number of likely N-dealkylation sites (tertiary alicyclic amines) is 1. The first-order valence-corrected chi connectivity index (χ1v) is 29.0. The van der Waals surface area contributed by atoms with Crippen molar-refractivity contribution in [2.45, 2.75) is 153 Å². The highest BCUT2D eigenvalue weighted by atomic mass is 33.1. The molecule has 1 aliphatic heterocycles. The van der Waals surface area contributed by atoms with Crippen molar-refractivity contribution in [1.82, 2.24) is 30.3 Å². The Balaban J connectivity index is 1.34. The maximum absolute atomic E-state index is 14.7. The number of amides is 6. The summed E-state index contributed by atoms with van der Waals surface area (Å²) in [7, 11) is 8.85. The SMILES string of the molecule is CC[C@H](C)[C@@H]([C@@H](CC(=O)N1CCC[C@H]1[C@H](OC)[C@@H](C)C(=O)N[C@H](C)[C@@H](O)c1ccccc1)OC)N(C)C(=O)[C@@H](NC(=O)[C@H](C(C)C)N(C)C(=O)OCc1ccc(NC(=O)OC[C@@H](C)SSc2ccc([N+](=O)[O-])cn2)cc1)C(C)C. The number of anilines is 1. The number of carbonyl (C=O) groups is 6. The van der Waals surface area contributed by atoms with Crippen molar-refractivity contribution in [3.05, 3.63) is 94.2 Å². The zero-order chi connectivity index (χ0) is 58.7. The molecule has 0 unspecified atom stereocenters. The highest BCUT2D eigenvalue weighted by molar-refractivity contribution is 8.76. The molecule has 1 aromatic heterocycles. The molecular weight excluding hydrogens is 1060 g/mol. The quantitative estimate of drug-likeness (QED) is 0.0290. The van der Waals surface area contributed by atoms with E-state index in [1.807, 2.05) is 52.8 Å². The van der Waals surface area contributed by atoms with E-state index in [1.165, 1.54) is 60.0 Å². The van der Waals surface area contributed by atoms with Crippen molar-refractivity contribution < 1.29 is 57.7 Å². The first-order valence-electron chi connectivity index (χ1n) is 26.8. The summed E-state index contributed by atoms with van der Waals surface area (Å²) in [6.07, 6.45) is -0.696. The molecule has 0 saturated carbocycles. The number of nitrogens with one attached hydrogen (secondary N) is 3. The number of aromatic nitrogens is 1. The number of aliphatic hydroxyl groups excluding tert-OH is 1. The van der Waals surface area contributed by atoms with E-state index in [0.717, 1.165) is 0 Å². The normalized spacial score (nSPS) is 17.2. The lowest BCUT2D eigenvalue weighted by molar-refractivity contribution is -0.385. The van der Waals surface area contributed by atoms with Crippen molar-refractivity contribution in [2.75, 3.05) is 46.8 Å². The fourth-order valence-electron chi connectivity index (χ4n) is 9.66. The summed E-state index contributed by atoms with van der Waals surface area (Å²) in [5.41, 5.74) is 1.62. The fourth-order valence-corrected chi connectivity index (χ4v) is 11.5. The molecule has 436 valence electrons. The van der Waals surface area contributed by atoms with E-state index in [-0.39, 0.29) is 54.2 Å². The molecule has 2 aromatic carbocycles. The number of hydrogen-bond donors (Lipinski definition) is 4. The van der Waals surface area contributed by atoms with Crippen molar-refractivity contribution in [3.63, 3.8) is 0 Å². The van der Waals surface area contributed by atoms with E-state index in [4.69, 9.17) is 18.9 Å². The number of hydrogen-bond acceptors (Lipinski definition) is 16. The molecule has 11 atom stereocenters. The third-order valence-electron chi connectivity index (χ3n) is 14.3. The summed E-state index contributed by atoms with van der Waals surface area (Å²) in [6, 6.07) is 14.9. The Hall–Kier alpha value is -6.01. The number of benzene rings is 2. The molecule has 0 bridgehead atoms. The van der Waals surface area contributed by atoms with Gasteiger partial charge in [-0.15, -0.1) is 0 Å². The molecule has 23 heteroatoms. The highest BCUT2D eigenvalue weighted by Gasteiger charge is 2.44. The molecule has 1 fully saturated rings. The van der Waals surface area contributed by atoms with Crippen molar-refractivity contribution in [3.8, 4) is 0 Å². The third kappa shape index (κ3) is 18.8. The number of carbonyl (C=O) groups excluding carboxylic acids is 6. The Morgan fingerprint density at radius 1 is 0.861 bits per heavy atom. The van der Waals surface area contributed by atoms with Gasteiger partial charge in [-0.25, -0.2) is 14.6 Å². The molecule has 0 spiro atoms. The molecule has 1 saturated heterocycles. The van der Waals surface area contributed by atoms with Gasteiger partial charge in [0.15, 0.2) is 0 Å². The summed E-state index contributed by atoms with van der Waals surface area (Å²) in [5.74, 6) is -3.07. The first-order chi connectivity index (χ1) is 37.4. The molecule has 21 nitrogen and oxygen atoms in total. The van der Waals surface area contributed by atoms with Crippen LogP contribution in [0.25, 0.3) is 0 Å². The lowest BCUT2D eigenvalue weighted by atomic mass is 9.89. The zero-order valence-electron chi connectivity index (χ0n) is 47.8. The van der Waals surface area contributed by atoms with Crippen LogP contribution in [-0.2, 0) is 44.7 Å². The number of rotatable bonds is 29. The van der Waals surface area contributed by atoms with E-state index in [9.17, 15) is 44.0 Å². The van der Waals surface area contributed by atoms with E-state index in [1.54, 1.807) is 87.0 Å². The van der Waals surface area contributed by atoms with E-state index >= 15 is 0 Å². The van der Waals surface area contributed by atoms with Gasteiger partial charge < -0.3 is 44.5 Å². The van der Waals surface area contributed by atoms with Gasteiger partial charge in [0.05, 0.1) is 53.7 Å². The second-order valence-corrected chi connectivity index (χ2v) is 23.5. The minimum absolute atomic E-state index is 0.0674. The standard InChI is InChI=1S/C56H82N8O13S2/c1-14-35(6)49(44(74-12)29-46(65)63-28-18-21-43(63)51(75-13)37(8)52(67)58-38(9)50(66)40-19-16-15-17-20-40)61(10)54(69)47(33(2)3)60-53(68)48(34(4)5)62(11)56(71)77-32-39-22-24-41(25-23-39)59-55(70)76-31-36(7)78-79-45-27-26-42(30-57-45)64(72)73/h15-17,19-20,22-27,30,33-38,43-44,47-51,66H,14,18,21,28-29,31-32H2,1-13H3,(H,58,67)(H,59,70)(H,60,68)/t35-,36+,37+,38+,43-,44+,47-,48-,49-,50+,51+/m0/s1. The third-order valence-corrected chi connectivity index (χ3v) is 17.1. The van der Waals surface area contributed by atoms with Gasteiger partial charge in [0.2, 0.25) is 23.6 Å². The number of likely N-dealkylation sites (N-methyl/N-ethyl adjacent to an activating group) is 2. The second kappa shape index (κ2) is 31.7. The molecule has 4 N–H and O–H groups in total. The number of nitrogens with zero attached hydrogens (tertiary/aromatic N) is 5. The summed E-state index contributed by atoms with van der Waals surface area (Å²) >= 11 is 0. The lowest BCUT2D eigenvalue weighted by Crippen LogP contribution is -2.60. The predicted molar refractivity (Wildman–Crippen MR) is 304 cm³/mol. The maximum Gasteiger partial charge on any atom is 0.411 e. The maximum atomic E-state index is 14.7. The molecular formula is C56H82N8O13S2. The van der Waals surface area contributed by atoms with Crippen LogP contribution in [0, 0.1) is 33.8 Å². The van der Waals surface area contributed by atoms with Crippen LogP contribution in [-0.4, -0.2) is 155 Å². The van der Waals surface area contributed by atoms with Crippen molar-refractivity contribution >= 4 is 68.8 Å². The first kappa shape index (κ1) is 65.5. The molecule has 0 aliphatic carbocycles. The Morgan fingerprint density at radius 3 is 2.10 bits per heavy atom. The van der Waals surface area contributed by atoms with E-state index in [0.29, 0.717) is 47.6 Å². The van der Waals surface area contributed by atoms with Crippen molar-refractivity contribution in [1.29, 1.82) is 0 Å². The zero-order valence-corrected chi connectivity index (χ0v) is 49.4. The Labute approximate surface area is 472 Å². The number of pyridine rings is 1. The van der Waals surface area contributed by atoms with Gasteiger partial charge in [0, 0.05) is 51.9 Å². The molecule has 79 heavy (non-hydrogen) atoms. The topological polar surface area (TPSA) is 261 Å². The Kier molecular flexibility index (Phi) is 26.3. The van der Waals surface area contributed by atoms with Crippen LogP contribution in [0.15, 0.2) is 78.0 Å². The van der Waals surface area contributed by atoms with Crippen LogP contribution in [0.1, 0.15) is 105 Å². The summed E-state index contributed by atoms with van der Waals surface area (Å²) in [5, 5.41) is 30.8. The average Bonchev–Trinajstić information content (AvgIpc) is 3.95. The number of ether oxygens (including phenoxy) is 4. The Morgan fingerprint density at radius 2 is 1.53 bits per heavy atom. The van der Waals surface area contributed by atoms with Gasteiger partial charge in [-0.1, -0.05) is 108 Å². The number of nitro groups is 1. The predicted octanol–water partition coefficient (Wildman–Crippen LogP) is 8.26. The van der Waals surface area contributed by atoms with Crippen LogP contribution < -0.4 is 16.0 Å². The van der Waals surface area contributed by atoms with Crippen LogP contribution in [0.5, 0.6) is 0 Å². The van der Waals surface area contributed by atoms with Crippen LogP contribution in [0.3, 0.4) is 0 Å². The minimum Gasteiger partial charge on any atom is -0.448 e. The van der Waals surface area contributed by atoms with Gasteiger partial charge in [-0.3, -0.25) is 39.5 Å². The molecule has 6 amide bonds. The monoisotopic (exact) mass is 1140 g/mol. The van der Waals surface area contributed by atoms with Gasteiger partial charge in [-0.2, -0.15) is 0 Å². The van der Waals surface area contributed by atoms with E-state index in [2.05, 4.69) is 20.9 Å². The molecule has 2 heterocycles. The second-order valence-electron chi connectivity index (χ2n) is 20.8. The summed E-state index contributed by atoms with van der Waals surface area (Å²) < 4.78 is 23.0. The van der Waals surface area contributed by atoms with Crippen molar-refractivity contribution in [2.24, 2.45) is 23.7 Å². The lowest BCUT2D eigenvalue weighted by Gasteiger charge is -2.41. The number of methoxy groups -OCH3 is 2. The van der Waals surface area contributed by atoms with E-state index < -0.39 is 89.3 Å². The molecule has 1 aliphatic rings. The summed E-state index contributed by atoms with van der Waals surface area (Å²) in [6.45, 7) is 16.9. The summed E-state index contributed by atoms with van der Waals surface area (Å²) in [4.78, 5) is 102. The minimum atomic E-state index is -1.03. The van der Waals surface area contributed by atoms with Gasteiger partial charge in [0.25, 0.3) is 5.69 Å². The largest absolute Gasteiger partial charge is 0.448 e. The van der Waals surface area contributed by atoms with Crippen LogP contribution >= 0.6 is 21.6 Å². The molecule has 0 radical (unpaired) electrons. The van der Waals surface area contributed by atoms with Gasteiger partial charge in [-0.05, 0) is 84.6 Å². The van der Waals surface area contributed by atoms with Gasteiger partial charge in [0.1, 0.15) is 36.5 Å². The molecule has 4 rings (SSSR count). The van der Waals surface area contributed by atoms with Gasteiger partial charge >= 0.3 is 12.2 Å². The average molecular weight is 1140 g/mol. The highest BCUT2D eigenvalue weighted by Crippen LogP contribution is 2.34. The fraction of sp³-hybridized carbons (Fsp3) is 0.589.